The van der Waals surface area contributed by atoms with Crippen LogP contribution in [-0.2, 0) is 4.79 Å². The summed E-state index contributed by atoms with van der Waals surface area (Å²) in [7, 11) is 0. The first kappa shape index (κ1) is 16.9. The molecule has 2 aliphatic rings. The molecule has 0 saturated heterocycles. The lowest BCUT2D eigenvalue weighted by Gasteiger charge is -2.31. The first-order valence-corrected chi connectivity index (χ1v) is 9.54. The quantitative estimate of drug-likeness (QED) is 0.487. The number of aryl methyl sites for hydroxylation is 1. The number of hydrogen-bond acceptors (Lipinski definition) is 6. The van der Waals surface area contributed by atoms with Crippen molar-refractivity contribution >= 4 is 23.4 Å². The zero-order valence-corrected chi connectivity index (χ0v) is 15.2. The number of hydrogen-bond donors (Lipinski definition) is 2. The molecule has 1 atom stereocenters. The Labute approximate surface area is 154 Å². The van der Waals surface area contributed by atoms with Gasteiger partial charge >= 0.3 is 0 Å². The number of allylic oxidation sites excluding steroid dienone is 2. The van der Waals surface area contributed by atoms with Crippen molar-refractivity contribution in [2.75, 3.05) is 11.1 Å². The van der Waals surface area contributed by atoms with E-state index < -0.39 is 5.92 Å². The number of H-pyrrole nitrogens is 1. The van der Waals surface area contributed by atoms with Crippen molar-refractivity contribution in [1.82, 2.24) is 9.97 Å². The van der Waals surface area contributed by atoms with E-state index in [0.29, 0.717) is 40.0 Å². The van der Waals surface area contributed by atoms with Crippen LogP contribution in [-0.4, -0.2) is 21.5 Å². The molecule has 26 heavy (non-hydrogen) atoms. The molecule has 2 aromatic heterocycles. The van der Waals surface area contributed by atoms with Crippen LogP contribution >= 0.6 is 11.8 Å². The van der Waals surface area contributed by atoms with E-state index in [9.17, 15) is 9.59 Å². The second-order valence-electron chi connectivity index (χ2n) is 6.41. The SMILES string of the molecule is C=CCSc1nc2c(c(=O)[nH]1)[C@@H](c1ccc(C)o1)C1=C(CCCC1=O)N2. The van der Waals surface area contributed by atoms with Crippen molar-refractivity contribution in [3.05, 3.63) is 63.5 Å². The molecule has 0 amide bonds. The summed E-state index contributed by atoms with van der Waals surface area (Å²) in [5.41, 5.74) is 1.68. The van der Waals surface area contributed by atoms with Gasteiger partial charge in [-0.3, -0.25) is 9.59 Å². The van der Waals surface area contributed by atoms with Crippen LogP contribution in [0.1, 0.15) is 42.3 Å². The summed E-state index contributed by atoms with van der Waals surface area (Å²) in [6, 6.07) is 3.68. The maximum atomic E-state index is 12.9. The molecule has 1 aliphatic heterocycles. The molecule has 0 aromatic carbocycles. The Balaban J connectivity index is 1.90. The number of aromatic nitrogens is 2. The molecule has 0 radical (unpaired) electrons. The van der Waals surface area contributed by atoms with Crippen LogP contribution in [0.25, 0.3) is 0 Å². The Bertz CT molecular complexity index is 986. The fourth-order valence-corrected chi connectivity index (χ4v) is 4.14. The third-order valence-electron chi connectivity index (χ3n) is 4.62. The first-order chi connectivity index (χ1) is 12.6. The molecule has 3 heterocycles. The maximum Gasteiger partial charge on any atom is 0.257 e. The third kappa shape index (κ3) is 2.82. The molecule has 4 rings (SSSR count). The second-order valence-corrected chi connectivity index (χ2v) is 7.42. The Morgan fingerprint density at radius 2 is 2.23 bits per heavy atom. The number of Topliss-reactive ketones (excluding diaryl/α,β-unsaturated/α-hetero) is 1. The number of furan rings is 1. The highest BCUT2D eigenvalue weighted by Gasteiger charge is 2.39. The molecule has 0 fully saturated rings. The van der Waals surface area contributed by atoms with Crippen molar-refractivity contribution in [3.8, 4) is 0 Å². The van der Waals surface area contributed by atoms with E-state index in [2.05, 4.69) is 21.9 Å². The topological polar surface area (TPSA) is 88.0 Å². The second kappa shape index (κ2) is 6.64. The molecule has 6 nitrogen and oxygen atoms in total. The Hall–Kier alpha value is -2.54. The fourth-order valence-electron chi connectivity index (χ4n) is 3.54. The lowest BCUT2D eigenvalue weighted by atomic mass is 9.79. The summed E-state index contributed by atoms with van der Waals surface area (Å²) in [5.74, 6) is 2.05. The molecule has 0 bridgehead atoms. The number of thioether (sulfide) groups is 1. The van der Waals surface area contributed by atoms with E-state index in [1.54, 1.807) is 6.08 Å². The summed E-state index contributed by atoms with van der Waals surface area (Å²) < 4.78 is 5.81. The largest absolute Gasteiger partial charge is 0.465 e. The molecule has 1 aliphatic carbocycles. The molecule has 2 N–H and O–H groups in total. The Morgan fingerprint density at radius 1 is 1.38 bits per heavy atom. The summed E-state index contributed by atoms with van der Waals surface area (Å²) in [6.45, 7) is 5.54. The van der Waals surface area contributed by atoms with E-state index in [1.165, 1.54) is 11.8 Å². The van der Waals surface area contributed by atoms with Crippen molar-refractivity contribution in [1.29, 1.82) is 0 Å². The van der Waals surface area contributed by atoms with E-state index in [-0.39, 0.29) is 11.3 Å². The number of rotatable bonds is 4. The average Bonchev–Trinajstić information content (AvgIpc) is 3.04. The number of fused-ring (bicyclic) bond motifs is 1. The number of aromatic amines is 1. The van der Waals surface area contributed by atoms with Crippen LogP contribution in [0, 0.1) is 6.92 Å². The zero-order valence-electron chi connectivity index (χ0n) is 14.4. The lowest BCUT2D eigenvalue weighted by molar-refractivity contribution is -0.116. The minimum atomic E-state index is -0.516. The van der Waals surface area contributed by atoms with Gasteiger partial charge in [-0.05, 0) is 31.9 Å². The number of carbonyl (C=O) groups excluding carboxylic acids is 1. The molecular weight excluding hydrogens is 350 g/mol. The predicted octanol–water partition coefficient (Wildman–Crippen LogP) is 3.51. The minimum Gasteiger partial charge on any atom is -0.465 e. The maximum absolute atomic E-state index is 12.9. The Kier molecular flexibility index (Phi) is 4.32. The van der Waals surface area contributed by atoms with E-state index in [4.69, 9.17) is 4.42 Å². The highest BCUT2D eigenvalue weighted by atomic mass is 32.2. The van der Waals surface area contributed by atoms with E-state index in [1.807, 2.05) is 19.1 Å². The number of anilines is 1. The predicted molar refractivity (Wildman–Crippen MR) is 101 cm³/mol. The van der Waals surface area contributed by atoms with Crippen molar-refractivity contribution in [3.63, 3.8) is 0 Å². The van der Waals surface area contributed by atoms with Gasteiger partial charge in [-0.2, -0.15) is 0 Å². The van der Waals surface area contributed by atoms with Gasteiger partial charge in [0.05, 0.1) is 11.5 Å². The van der Waals surface area contributed by atoms with Gasteiger partial charge in [0.15, 0.2) is 10.9 Å². The van der Waals surface area contributed by atoms with Crippen molar-refractivity contribution in [2.24, 2.45) is 0 Å². The molecule has 0 spiro atoms. The van der Waals surface area contributed by atoms with Gasteiger partial charge in [0, 0.05) is 23.4 Å². The average molecular weight is 369 g/mol. The van der Waals surface area contributed by atoms with Gasteiger partial charge in [-0.1, -0.05) is 17.8 Å². The van der Waals surface area contributed by atoms with Crippen LogP contribution < -0.4 is 10.9 Å². The molecule has 134 valence electrons. The molecule has 0 unspecified atom stereocenters. The lowest BCUT2D eigenvalue weighted by Crippen LogP contribution is -2.32. The smallest absolute Gasteiger partial charge is 0.257 e. The summed E-state index contributed by atoms with van der Waals surface area (Å²) >= 11 is 1.41. The van der Waals surface area contributed by atoms with Gasteiger partial charge in [-0.15, -0.1) is 6.58 Å². The normalized spacial score (nSPS) is 19.0. The zero-order chi connectivity index (χ0) is 18.3. The first-order valence-electron chi connectivity index (χ1n) is 8.56. The monoisotopic (exact) mass is 369 g/mol. The highest BCUT2D eigenvalue weighted by Crippen LogP contribution is 2.43. The van der Waals surface area contributed by atoms with Crippen LogP contribution in [0.2, 0.25) is 0 Å². The molecule has 0 saturated carbocycles. The van der Waals surface area contributed by atoms with Gasteiger partial charge < -0.3 is 14.7 Å². The van der Waals surface area contributed by atoms with Crippen molar-refractivity contribution in [2.45, 2.75) is 37.3 Å². The van der Waals surface area contributed by atoms with Crippen molar-refractivity contribution < 1.29 is 9.21 Å². The summed E-state index contributed by atoms with van der Waals surface area (Å²) in [4.78, 5) is 32.9. The van der Waals surface area contributed by atoms with Crippen LogP contribution in [0.3, 0.4) is 0 Å². The number of carbonyl (C=O) groups is 1. The molecule has 7 heteroatoms. The molecule has 2 aromatic rings. The highest BCUT2D eigenvalue weighted by molar-refractivity contribution is 7.99. The molecular formula is C19H19N3O3S. The third-order valence-corrected chi connectivity index (χ3v) is 5.49. The summed E-state index contributed by atoms with van der Waals surface area (Å²) in [5, 5.41) is 3.77. The van der Waals surface area contributed by atoms with E-state index in [0.717, 1.165) is 24.3 Å². The number of nitrogens with zero attached hydrogens (tertiary/aromatic N) is 1. The van der Waals surface area contributed by atoms with Gasteiger partial charge in [-0.25, -0.2) is 4.98 Å². The standard InChI is InChI=1S/C19H19N3O3S/c1-3-9-26-19-21-17-16(18(24)22-19)15(13-8-7-10(2)25-13)14-11(20-17)5-4-6-12(14)23/h3,7-8,15H,1,4-6,9H2,2H3,(H2,20,21,22,24)/t15-/m0/s1. The Morgan fingerprint density at radius 3 is 2.96 bits per heavy atom. The van der Waals surface area contributed by atoms with Gasteiger partial charge in [0.25, 0.3) is 5.56 Å². The number of nitrogens with one attached hydrogen (secondary N) is 2. The van der Waals surface area contributed by atoms with Crippen LogP contribution in [0.4, 0.5) is 5.82 Å². The van der Waals surface area contributed by atoms with Crippen LogP contribution in [0.5, 0.6) is 0 Å². The van der Waals surface area contributed by atoms with Crippen LogP contribution in [0.15, 0.2) is 50.4 Å². The number of ketones is 1. The minimum absolute atomic E-state index is 0.0629. The summed E-state index contributed by atoms with van der Waals surface area (Å²) in [6.07, 6.45) is 3.81. The van der Waals surface area contributed by atoms with E-state index >= 15 is 0 Å². The van der Waals surface area contributed by atoms with Gasteiger partial charge in [0.1, 0.15) is 17.3 Å². The fraction of sp³-hybridized carbons (Fsp3) is 0.316. The van der Waals surface area contributed by atoms with Gasteiger partial charge in [0.2, 0.25) is 0 Å².